The summed E-state index contributed by atoms with van der Waals surface area (Å²) in [6.07, 6.45) is -2.45. The van der Waals surface area contributed by atoms with Gasteiger partial charge in [0.1, 0.15) is 5.82 Å². The van der Waals surface area contributed by atoms with Crippen LogP contribution in [0.25, 0.3) is 0 Å². The lowest BCUT2D eigenvalue weighted by molar-refractivity contribution is -0.152. The normalized spacial score (nSPS) is 23.9. The number of alkyl halides is 3. The average molecular weight is 637 g/mol. The summed E-state index contributed by atoms with van der Waals surface area (Å²) in [5, 5.41) is 24.3. The van der Waals surface area contributed by atoms with Crippen molar-refractivity contribution in [1.29, 1.82) is 0 Å². The van der Waals surface area contributed by atoms with E-state index >= 15 is 0 Å². The van der Waals surface area contributed by atoms with E-state index in [1.165, 1.54) is 4.90 Å². The van der Waals surface area contributed by atoms with Crippen molar-refractivity contribution in [2.75, 3.05) is 6.54 Å². The first-order valence-electron chi connectivity index (χ1n) is 13.9. The van der Waals surface area contributed by atoms with Crippen LogP contribution in [-0.4, -0.2) is 49.4 Å². The van der Waals surface area contributed by atoms with E-state index in [0.29, 0.717) is 25.7 Å². The summed E-state index contributed by atoms with van der Waals surface area (Å²) in [4.78, 5) is 26.9. The van der Waals surface area contributed by atoms with E-state index in [-0.39, 0.29) is 46.7 Å². The minimum absolute atomic E-state index is 0.0130. The van der Waals surface area contributed by atoms with Crippen molar-refractivity contribution in [2.24, 2.45) is 10.8 Å². The Morgan fingerprint density at radius 3 is 2.12 bits per heavy atom. The SMILES string of the molecule is CC1(C)CCC(N(CC(O)c2c(Cl)cc(F)cc2Cl)C(=O)c2cnn([C@H]3CC[C@](C)(C(=O)O)CC3)c2C(F)(F)F)CC1. The van der Waals surface area contributed by atoms with E-state index in [4.69, 9.17) is 23.2 Å². The van der Waals surface area contributed by atoms with E-state index in [1.54, 1.807) is 6.92 Å². The second-order valence-electron chi connectivity index (χ2n) is 12.6. The number of amides is 1. The lowest BCUT2D eigenvalue weighted by Gasteiger charge is -2.41. The molecule has 2 saturated carbocycles. The molecule has 2 fully saturated rings. The molecule has 0 aliphatic heterocycles. The molecule has 2 aromatic rings. The molecule has 1 aromatic carbocycles. The number of halogens is 6. The van der Waals surface area contributed by atoms with Crippen molar-refractivity contribution in [1.82, 2.24) is 14.7 Å². The zero-order chi connectivity index (χ0) is 31.2. The van der Waals surface area contributed by atoms with Crippen molar-refractivity contribution >= 4 is 35.1 Å². The molecule has 4 rings (SSSR count). The molecule has 2 N–H and O–H groups in total. The van der Waals surface area contributed by atoms with Crippen LogP contribution in [0.2, 0.25) is 10.0 Å². The van der Waals surface area contributed by atoms with Gasteiger partial charge in [-0.25, -0.2) is 4.39 Å². The van der Waals surface area contributed by atoms with Crippen LogP contribution >= 0.6 is 23.2 Å². The number of hydrogen-bond acceptors (Lipinski definition) is 4. The quantitative estimate of drug-likeness (QED) is 0.304. The first-order chi connectivity index (χ1) is 19.4. The zero-order valence-corrected chi connectivity index (χ0v) is 25.2. The predicted molar refractivity (Wildman–Crippen MR) is 149 cm³/mol. The van der Waals surface area contributed by atoms with Gasteiger partial charge in [-0.3, -0.25) is 14.3 Å². The number of nitrogens with zero attached hydrogens (tertiary/aromatic N) is 3. The Balaban J connectivity index is 1.70. The standard InChI is InChI=1S/C29H35Cl2F4N3O4/c1-27(2)8-4-17(5-9-27)37(15-22(39)23-20(30)12-16(32)13-21(23)31)25(40)19-14-36-38(24(19)29(33,34)35)18-6-10-28(3,11-7-18)26(41)42/h12-14,17-18,22,39H,4-11,15H2,1-3H3,(H,41,42)/t18-,22?,28-. The third-order valence-corrected chi connectivity index (χ3v) is 9.60. The maximum atomic E-state index is 14.6. The molecule has 1 aromatic heterocycles. The molecule has 1 heterocycles. The molecular formula is C29H35Cl2F4N3O4. The lowest BCUT2D eigenvalue weighted by atomic mass is 9.74. The van der Waals surface area contributed by atoms with Gasteiger partial charge in [0.15, 0.2) is 5.69 Å². The lowest BCUT2D eigenvalue weighted by Crippen LogP contribution is -2.46. The summed E-state index contributed by atoms with van der Waals surface area (Å²) in [5.74, 6) is -2.67. The van der Waals surface area contributed by atoms with Gasteiger partial charge in [0, 0.05) is 11.6 Å². The Labute approximate surface area is 251 Å². The summed E-state index contributed by atoms with van der Waals surface area (Å²) in [6.45, 7) is 5.31. The molecule has 232 valence electrons. The van der Waals surface area contributed by atoms with Crippen LogP contribution in [0.4, 0.5) is 17.6 Å². The number of aliphatic hydroxyl groups is 1. The summed E-state index contributed by atoms with van der Waals surface area (Å²) in [5.41, 5.74) is -2.93. The Morgan fingerprint density at radius 2 is 1.62 bits per heavy atom. The number of carboxylic acid groups (broad SMARTS) is 1. The maximum absolute atomic E-state index is 14.6. The van der Waals surface area contributed by atoms with E-state index in [0.717, 1.165) is 23.0 Å². The van der Waals surface area contributed by atoms with Crippen LogP contribution in [0.5, 0.6) is 0 Å². The number of carbonyl (C=O) groups excluding carboxylic acids is 1. The van der Waals surface area contributed by atoms with Gasteiger partial charge in [-0.1, -0.05) is 37.0 Å². The van der Waals surface area contributed by atoms with Gasteiger partial charge in [-0.2, -0.15) is 18.3 Å². The first kappa shape index (κ1) is 32.5. The van der Waals surface area contributed by atoms with Crippen molar-refractivity contribution in [3.8, 4) is 0 Å². The minimum atomic E-state index is -4.93. The van der Waals surface area contributed by atoms with Crippen LogP contribution in [0.3, 0.4) is 0 Å². The number of aliphatic carboxylic acids is 1. The van der Waals surface area contributed by atoms with E-state index in [1.807, 2.05) is 0 Å². The highest BCUT2D eigenvalue weighted by Gasteiger charge is 2.46. The highest BCUT2D eigenvalue weighted by atomic mass is 35.5. The average Bonchev–Trinajstić information content (AvgIpc) is 3.33. The highest BCUT2D eigenvalue weighted by Crippen LogP contribution is 2.44. The first-order valence-corrected chi connectivity index (χ1v) is 14.7. The Hall–Kier alpha value is -2.37. The predicted octanol–water partition coefficient (Wildman–Crippen LogP) is 7.70. The van der Waals surface area contributed by atoms with Gasteiger partial charge in [0.25, 0.3) is 5.91 Å². The summed E-state index contributed by atoms with van der Waals surface area (Å²) in [6, 6.07) is 0.717. The number of carboxylic acids is 1. The molecular weight excluding hydrogens is 601 g/mol. The number of hydrogen-bond donors (Lipinski definition) is 2. The fourth-order valence-corrected chi connectivity index (χ4v) is 6.89. The Bertz CT molecular complexity index is 1310. The zero-order valence-electron chi connectivity index (χ0n) is 23.6. The molecule has 0 spiro atoms. The second kappa shape index (κ2) is 12.0. The van der Waals surface area contributed by atoms with Crippen LogP contribution < -0.4 is 0 Å². The molecule has 42 heavy (non-hydrogen) atoms. The Kier molecular flexibility index (Phi) is 9.27. The second-order valence-corrected chi connectivity index (χ2v) is 13.4. The smallest absolute Gasteiger partial charge is 0.433 e. The van der Waals surface area contributed by atoms with Crippen LogP contribution in [0, 0.1) is 16.6 Å². The van der Waals surface area contributed by atoms with Gasteiger partial charge < -0.3 is 15.1 Å². The molecule has 7 nitrogen and oxygen atoms in total. The van der Waals surface area contributed by atoms with Gasteiger partial charge in [-0.05, 0) is 75.8 Å². The summed E-state index contributed by atoms with van der Waals surface area (Å²) >= 11 is 12.3. The number of benzene rings is 1. The molecule has 2 aliphatic carbocycles. The van der Waals surface area contributed by atoms with E-state index in [9.17, 15) is 37.4 Å². The topological polar surface area (TPSA) is 95.7 Å². The van der Waals surface area contributed by atoms with Gasteiger partial charge >= 0.3 is 12.1 Å². The third kappa shape index (κ3) is 6.73. The monoisotopic (exact) mass is 635 g/mol. The summed E-state index contributed by atoms with van der Waals surface area (Å²) < 4.78 is 58.3. The third-order valence-electron chi connectivity index (χ3n) is 8.97. The number of rotatable bonds is 7. The van der Waals surface area contributed by atoms with E-state index < -0.39 is 65.3 Å². The van der Waals surface area contributed by atoms with Crippen molar-refractivity contribution in [2.45, 2.75) is 96.5 Å². The highest BCUT2D eigenvalue weighted by molar-refractivity contribution is 6.36. The molecule has 13 heteroatoms. The largest absolute Gasteiger partial charge is 0.481 e. The van der Waals surface area contributed by atoms with Crippen LogP contribution in [0.15, 0.2) is 18.3 Å². The number of carbonyl (C=O) groups is 2. The molecule has 1 unspecified atom stereocenters. The van der Waals surface area contributed by atoms with Crippen LogP contribution in [0.1, 0.15) is 106 Å². The molecule has 1 amide bonds. The molecule has 0 radical (unpaired) electrons. The molecule has 2 aliphatic rings. The Morgan fingerprint density at radius 1 is 1.07 bits per heavy atom. The fourth-order valence-electron chi connectivity index (χ4n) is 6.17. The van der Waals surface area contributed by atoms with Crippen molar-refractivity contribution in [3.63, 3.8) is 0 Å². The van der Waals surface area contributed by atoms with Gasteiger partial charge in [0.05, 0.1) is 45.9 Å². The van der Waals surface area contributed by atoms with E-state index in [2.05, 4.69) is 18.9 Å². The van der Waals surface area contributed by atoms with Crippen LogP contribution in [-0.2, 0) is 11.0 Å². The minimum Gasteiger partial charge on any atom is -0.481 e. The fraction of sp³-hybridized carbons (Fsp3) is 0.621. The summed E-state index contributed by atoms with van der Waals surface area (Å²) in [7, 11) is 0. The molecule has 0 bridgehead atoms. The van der Waals surface area contributed by atoms with Crippen molar-refractivity contribution < 1.29 is 37.4 Å². The number of aromatic nitrogens is 2. The number of aliphatic hydroxyl groups excluding tert-OH is 1. The molecule has 1 atom stereocenters. The van der Waals surface area contributed by atoms with Gasteiger partial charge in [0.2, 0.25) is 0 Å². The molecule has 0 saturated heterocycles. The maximum Gasteiger partial charge on any atom is 0.433 e. The van der Waals surface area contributed by atoms with Gasteiger partial charge in [-0.15, -0.1) is 0 Å². The van der Waals surface area contributed by atoms with Crippen molar-refractivity contribution in [3.05, 3.63) is 51.0 Å².